The average Bonchev–Trinajstić information content (AvgIpc) is 2.65. The zero-order chi connectivity index (χ0) is 14.0. The van der Waals surface area contributed by atoms with E-state index >= 15 is 0 Å². The van der Waals surface area contributed by atoms with Crippen LogP contribution in [0.2, 0.25) is 0 Å². The van der Waals surface area contributed by atoms with Crippen molar-refractivity contribution < 1.29 is 9.18 Å². The van der Waals surface area contributed by atoms with Crippen molar-refractivity contribution in [2.75, 3.05) is 20.1 Å². The summed E-state index contributed by atoms with van der Waals surface area (Å²) in [7, 11) is 1.71. The minimum Gasteiger partial charge on any atom is -0.328 e. The summed E-state index contributed by atoms with van der Waals surface area (Å²) in [6.07, 6.45) is 0.754. The van der Waals surface area contributed by atoms with Crippen molar-refractivity contribution in [1.29, 1.82) is 0 Å². The van der Waals surface area contributed by atoms with Gasteiger partial charge in [0.15, 0.2) is 0 Å². The molecule has 0 radical (unpaired) electrons. The highest BCUT2D eigenvalue weighted by Gasteiger charge is 2.36. The largest absolute Gasteiger partial charge is 0.328 e. The van der Waals surface area contributed by atoms with Crippen molar-refractivity contribution in [1.82, 2.24) is 9.80 Å². The minimum atomic E-state index is -0.263. The smallest absolute Gasteiger partial charge is 0.320 e. The molecule has 2 unspecified atom stereocenters. The predicted octanol–water partition coefficient (Wildman–Crippen LogP) is 1.97. The van der Waals surface area contributed by atoms with E-state index in [1.807, 2.05) is 6.92 Å². The number of hydrogen-bond acceptors (Lipinski definition) is 2. The van der Waals surface area contributed by atoms with Crippen LogP contribution in [0.5, 0.6) is 0 Å². The molecule has 104 valence electrons. The van der Waals surface area contributed by atoms with E-state index in [1.54, 1.807) is 35.0 Å². The summed E-state index contributed by atoms with van der Waals surface area (Å²) < 4.78 is 13.8. The number of urea groups is 1. The van der Waals surface area contributed by atoms with Crippen molar-refractivity contribution in [2.45, 2.75) is 25.4 Å². The molecule has 0 aromatic heterocycles. The summed E-state index contributed by atoms with van der Waals surface area (Å²) in [5, 5.41) is 0. The lowest BCUT2D eigenvalue weighted by Crippen LogP contribution is -2.32. The predicted molar refractivity (Wildman–Crippen MR) is 72.1 cm³/mol. The Balaban J connectivity index is 2.12. The molecule has 1 aliphatic rings. The first kappa shape index (κ1) is 13.8. The van der Waals surface area contributed by atoms with E-state index in [2.05, 4.69) is 0 Å². The summed E-state index contributed by atoms with van der Waals surface area (Å²) in [4.78, 5) is 15.4. The van der Waals surface area contributed by atoms with Gasteiger partial charge in [0.05, 0.1) is 6.04 Å². The molecule has 1 aliphatic heterocycles. The molecule has 1 saturated heterocycles. The Morgan fingerprint density at radius 2 is 2.16 bits per heavy atom. The molecule has 1 heterocycles. The van der Waals surface area contributed by atoms with Crippen molar-refractivity contribution in [3.05, 3.63) is 35.6 Å². The summed E-state index contributed by atoms with van der Waals surface area (Å²) in [5.41, 5.74) is 6.28. The van der Waals surface area contributed by atoms with E-state index < -0.39 is 0 Å². The van der Waals surface area contributed by atoms with Gasteiger partial charge in [-0.05, 0) is 19.4 Å². The molecule has 19 heavy (non-hydrogen) atoms. The number of likely N-dealkylation sites (N-methyl/N-ethyl adjacent to an activating group) is 1. The van der Waals surface area contributed by atoms with Gasteiger partial charge in [0, 0.05) is 31.7 Å². The quantitative estimate of drug-likeness (QED) is 0.905. The molecule has 2 N–H and O–H groups in total. The van der Waals surface area contributed by atoms with Crippen LogP contribution in [-0.4, -0.2) is 42.0 Å². The molecule has 0 aliphatic carbocycles. The average molecular weight is 265 g/mol. The summed E-state index contributed by atoms with van der Waals surface area (Å²) in [5.74, 6) is -0.263. The van der Waals surface area contributed by atoms with Gasteiger partial charge in [0.2, 0.25) is 0 Å². The van der Waals surface area contributed by atoms with Crippen LogP contribution in [0.4, 0.5) is 9.18 Å². The molecule has 0 spiro atoms. The van der Waals surface area contributed by atoms with Gasteiger partial charge in [-0.25, -0.2) is 9.18 Å². The monoisotopic (exact) mass is 265 g/mol. The second kappa shape index (κ2) is 5.57. The Morgan fingerprint density at radius 1 is 1.47 bits per heavy atom. The maximum Gasteiger partial charge on any atom is 0.320 e. The Hall–Kier alpha value is -1.62. The number of amides is 2. The Morgan fingerprint density at radius 3 is 2.79 bits per heavy atom. The molecular formula is C14H20FN3O. The molecule has 0 bridgehead atoms. The Kier molecular flexibility index (Phi) is 4.04. The normalized spacial score (nSPS) is 21.1. The standard InChI is InChI=1S/C14H20FN3O/c1-10(16)7-8-18-9-13(17(2)14(18)19)11-5-3-4-6-12(11)15/h3-6,10,13H,7-9,16H2,1-2H3. The molecule has 2 atom stereocenters. The fourth-order valence-corrected chi connectivity index (χ4v) is 2.36. The van der Waals surface area contributed by atoms with Gasteiger partial charge in [0.25, 0.3) is 0 Å². The summed E-state index contributed by atoms with van der Waals surface area (Å²) >= 11 is 0. The number of rotatable bonds is 4. The molecule has 1 aromatic carbocycles. The maximum atomic E-state index is 13.8. The van der Waals surface area contributed by atoms with E-state index in [0.717, 1.165) is 6.42 Å². The Bertz CT molecular complexity index is 464. The van der Waals surface area contributed by atoms with E-state index in [-0.39, 0.29) is 23.9 Å². The topological polar surface area (TPSA) is 49.6 Å². The highest BCUT2D eigenvalue weighted by molar-refractivity contribution is 5.77. The lowest BCUT2D eigenvalue weighted by atomic mass is 10.1. The van der Waals surface area contributed by atoms with E-state index in [0.29, 0.717) is 18.7 Å². The van der Waals surface area contributed by atoms with Gasteiger partial charge >= 0.3 is 6.03 Å². The number of nitrogens with two attached hydrogens (primary N) is 1. The number of benzene rings is 1. The third-order valence-corrected chi connectivity index (χ3v) is 3.55. The lowest BCUT2D eigenvalue weighted by Gasteiger charge is -2.18. The maximum absolute atomic E-state index is 13.8. The number of carbonyl (C=O) groups is 1. The number of nitrogens with zero attached hydrogens (tertiary/aromatic N) is 2. The van der Waals surface area contributed by atoms with Crippen LogP contribution in [0.1, 0.15) is 24.9 Å². The molecule has 1 fully saturated rings. The molecular weight excluding hydrogens is 245 g/mol. The highest BCUT2D eigenvalue weighted by Crippen LogP contribution is 2.29. The van der Waals surface area contributed by atoms with Crippen LogP contribution in [0.25, 0.3) is 0 Å². The van der Waals surface area contributed by atoms with E-state index in [9.17, 15) is 9.18 Å². The Labute approximate surface area is 113 Å². The third-order valence-electron chi connectivity index (χ3n) is 3.55. The van der Waals surface area contributed by atoms with Crippen LogP contribution >= 0.6 is 0 Å². The van der Waals surface area contributed by atoms with Gasteiger partial charge < -0.3 is 15.5 Å². The highest BCUT2D eigenvalue weighted by atomic mass is 19.1. The van der Waals surface area contributed by atoms with Crippen molar-refractivity contribution in [3.8, 4) is 0 Å². The molecule has 4 nitrogen and oxygen atoms in total. The first-order chi connectivity index (χ1) is 9.00. The van der Waals surface area contributed by atoms with Gasteiger partial charge in [-0.15, -0.1) is 0 Å². The fourth-order valence-electron chi connectivity index (χ4n) is 2.36. The second-order valence-corrected chi connectivity index (χ2v) is 5.14. The number of halogens is 1. The van der Waals surface area contributed by atoms with Crippen molar-refractivity contribution >= 4 is 6.03 Å². The molecule has 0 saturated carbocycles. The second-order valence-electron chi connectivity index (χ2n) is 5.14. The molecule has 2 rings (SSSR count). The molecule has 5 heteroatoms. The SMILES string of the molecule is CC(N)CCN1CC(c2ccccc2F)N(C)C1=O. The molecule has 1 aromatic rings. The van der Waals surface area contributed by atoms with Crippen LogP contribution in [0, 0.1) is 5.82 Å². The van der Waals surface area contributed by atoms with Crippen LogP contribution in [-0.2, 0) is 0 Å². The van der Waals surface area contributed by atoms with Crippen molar-refractivity contribution in [3.63, 3.8) is 0 Å². The third kappa shape index (κ3) is 2.87. The minimum absolute atomic E-state index is 0.0608. The number of carbonyl (C=O) groups excluding carboxylic acids is 1. The zero-order valence-corrected chi connectivity index (χ0v) is 11.3. The lowest BCUT2D eigenvalue weighted by molar-refractivity contribution is 0.194. The first-order valence-electron chi connectivity index (χ1n) is 6.52. The van der Waals surface area contributed by atoms with Crippen molar-refractivity contribution in [2.24, 2.45) is 5.73 Å². The van der Waals surface area contributed by atoms with Crippen LogP contribution in [0.3, 0.4) is 0 Å². The first-order valence-corrected chi connectivity index (χ1v) is 6.52. The van der Waals surface area contributed by atoms with E-state index in [1.165, 1.54) is 6.07 Å². The fraction of sp³-hybridized carbons (Fsp3) is 0.500. The summed E-state index contributed by atoms with van der Waals surface area (Å²) in [6.45, 7) is 3.05. The zero-order valence-electron chi connectivity index (χ0n) is 11.3. The molecule has 2 amide bonds. The summed E-state index contributed by atoms with van der Waals surface area (Å²) in [6, 6.07) is 6.39. The van der Waals surface area contributed by atoms with E-state index in [4.69, 9.17) is 5.73 Å². The van der Waals surface area contributed by atoms with Crippen LogP contribution < -0.4 is 5.73 Å². The van der Waals surface area contributed by atoms with Gasteiger partial charge in [-0.2, -0.15) is 0 Å². The number of hydrogen-bond donors (Lipinski definition) is 1. The van der Waals surface area contributed by atoms with Crippen LogP contribution in [0.15, 0.2) is 24.3 Å². The van der Waals surface area contributed by atoms with Gasteiger partial charge in [0.1, 0.15) is 5.82 Å². The van der Waals surface area contributed by atoms with Gasteiger partial charge in [-0.1, -0.05) is 18.2 Å². The van der Waals surface area contributed by atoms with Gasteiger partial charge in [-0.3, -0.25) is 0 Å².